The lowest BCUT2D eigenvalue weighted by Gasteiger charge is -2.18. The van der Waals surface area contributed by atoms with Gasteiger partial charge in [0.25, 0.3) is 0 Å². The largest absolute Gasteiger partial charge is 0.439 e. The van der Waals surface area contributed by atoms with E-state index in [2.05, 4.69) is 20.6 Å². The molecular weight excluding hydrogens is 482 g/mol. The Morgan fingerprint density at radius 1 is 1.17 bits per heavy atom. The number of aromatic nitrogens is 1. The van der Waals surface area contributed by atoms with E-state index in [4.69, 9.17) is 4.42 Å². The summed E-state index contributed by atoms with van der Waals surface area (Å²) in [6, 6.07) is 13.2. The molecule has 0 amide bonds. The number of hydrogen-bond acceptors (Lipinski definition) is 3. The minimum Gasteiger partial charge on any atom is -0.439 e. The number of benzene rings is 2. The molecule has 1 unspecified atom stereocenters. The number of aliphatic imine (C=N–C) groups is 1. The van der Waals surface area contributed by atoms with Gasteiger partial charge in [0.1, 0.15) is 5.82 Å². The van der Waals surface area contributed by atoms with Gasteiger partial charge in [0.05, 0.1) is 18.8 Å². The van der Waals surface area contributed by atoms with Gasteiger partial charge in [0.15, 0.2) is 11.7 Å². The quantitative estimate of drug-likeness (QED) is 0.285. The Kier molecular flexibility index (Phi) is 8.19. The zero-order chi connectivity index (χ0) is 20.1. The molecular formula is C22H26FIN4O. The summed E-state index contributed by atoms with van der Waals surface area (Å²) in [7, 11) is 1.69. The fourth-order valence-corrected chi connectivity index (χ4v) is 2.76. The molecule has 7 heteroatoms. The van der Waals surface area contributed by atoms with Gasteiger partial charge < -0.3 is 15.1 Å². The molecule has 1 atom stereocenters. The van der Waals surface area contributed by atoms with Crippen LogP contribution in [0.2, 0.25) is 0 Å². The van der Waals surface area contributed by atoms with Crippen molar-refractivity contribution in [2.45, 2.75) is 33.4 Å². The van der Waals surface area contributed by atoms with Crippen molar-refractivity contribution in [1.29, 1.82) is 0 Å². The molecule has 3 rings (SSSR count). The molecule has 0 aliphatic heterocycles. The molecule has 0 saturated carbocycles. The lowest BCUT2D eigenvalue weighted by Crippen LogP contribution is -2.38. The second-order valence-electron chi connectivity index (χ2n) is 6.78. The Bertz CT molecular complexity index is 969. The van der Waals surface area contributed by atoms with Crippen LogP contribution in [0.3, 0.4) is 0 Å². The molecule has 0 radical (unpaired) electrons. The Balaban J connectivity index is 0.00000300. The number of nitrogens with zero attached hydrogens (tertiary/aromatic N) is 2. The number of hydrogen-bond donors (Lipinski definition) is 2. The first-order chi connectivity index (χ1) is 13.5. The third-order valence-corrected chi connectivity index (χ3v) is 4.57. The molecule has 0 fully saturated rings. The molecule has 0 bridgehead atoms. The van der Waals surface area contributed by atoms with Crippen molar-refractivity contribution in [2.75, 3.05) is 7.05 Å². The summed E-state index contributed by atoms with van der Waals surface area (Å²) in [5.41, 5.74) is 3.67. The third kappa shape index (κ3) is 6.03. The normalized spacial score (nSPS) is 12.2. The second-order valence-corrected chi connectivity index (χ2v) is 6.78. The molecule has 0 spiro atoms. The zero-order valence-electron chi connectivity index (χ0n) is 17.0. The number of halogens is 2. The van der Waals surface area contributed by atoms with Crippen molar-refractivity contribution in [3.63, 3.8) is 0 Å². The van der Waals surface area contributed by atoms with Crippen LogP contribution < -0.4 is 10.6 Å². The molecule has 29 heavy (non-hydrogen) atoms. The van der Waals surface area contributed by atoms with Gasteiger partial charge in [-0.15, -0.1) is 24.0 Å². The van der Waals surface area contributed by atoms with E-state index >= 15 is 0 Å². The molecule has 2 aromatic carbocycles. The van der Waals surface area contributed by atoms with Crippen molar-refractivity contribution in [2.24, 2.45) is 4.99 Å². The van der Waals surface area contributed by atoms with Crippen LogP contribution in [0.25, 0.3) is 11.3 Å². The fraction of sp³-hybridized carbons (Fsp3) is 0.273. The Labute approximate surface area is 187 Å². The maximum atomic E-state index is 13.8. The maximum absolute atomic E-state index is 13.8. The van der Waals surface area contributed by atoms with E-state index in [1.165, 1.54) is 5.56 Å². The van der Waals surface area contributed by atoms with Crippen LogP contribution in [-0.4, -0.2) is 18.0 Å². The first kappa shape index (κ1) is 22.9. The minimum absolute atomic E-state index is 0. The number of nitrogens with one attached hydrogen (secondary N) is 2. The van der Waals surface area contributed by atoms with E-state index in [0.717, 1.165) is 16.9 Å². The predicted octanol–water partition coefficient (Wildman–Crippen LogP) is 5.14. The fourth-order valence-electron chi connectivity index (χ4n) is 2.76. The first-order valence-corrected chi connectivity index (χ1v) is 9.21. The molecule has 1 heterocycles. The van der Waals surface area contributed by atoms with Crippen molar-refractivity contribution in [3.05, 3.63) is 77.1 Å². The SMILES string of the molecule is CN=C(NCc1ncc(-c2ccc(C)cc2)o1)NC(C)c1ccc(C)c(F)c1.I. The summed E-state index contributed by atoms with van der Waals surface area (Å²) >= 11 is 0. The van der Waals surface area contributed by atoms with Crippen molar-refractivity contribution < 1.29 is 8.81 Å². The highest BCUT2D eigenvalue weighted by Gasteiger charge is 2.11. The van der Waals surface area contributed by atoms with Gasteiger partial charge in [-0.1, -0.05) is 42.0 Å². The molecule has 0 aliphatic carbocycles. The van der Waals surface area contributed by atoms with Gasteiger partial charge in [-0.05, 0) is 38.0 Å². The molecule has 3 aromatic rings. The molecule has 1 aromatic heterocycles. The number of guanidine groups is 1. The number of oxazole rings is 1. The van der Waals surface area contributed by atoms with E-state index in [9.17, 15) is 4.39 Å². The van der Waals surface area contributed by atoms with E-state index in [-0.39, 0.29) is 35.8 Å². The highest BCUT2D eigenvalue weighted by Crippen LogP contribution is 2.21. The van der Waals surface area contributed by atoms with Gasteiger partial charge >= 0.3 is 0 Å². The van der Waals surface area contributed by atoms with Crippen LogP contribution in [0.15, 0.2) is 58.1 Å². The van der Waals surface area contributed by atoms with Crippen molar-refractivity contribution in [1.82, 2.24) is 15.6 Å². The highest BCUT2D eigenvalue weighted by atomic mass is 127. The third-order valence-electron chi connectivity index (χ3n) is 4.57. The van der Waals surface area contributed by atoms with Gasteiger partial charge in [0.2, 0.25) is 5.89 Å². The summed E-state index contributed by atoms with van der Waals surface area (Å²) in [5, 5.41) is 6.42. The average Bonchev–Trinajstić information content (AvgIpc) is 3.16. The highest BCUT2D eigenvalue weighted by molar-refractivity contribution is 14.0. The number of rotatable bonds is 5. The van der Waals surface area contributed by atoms with Gasteiger partial charge in [-0.2, -0.15) is 0 Å². The average molecular weight is 508 g/mol. The first-order valence-electron chi connectivity index (χ1n) is 9.21. The van der Waals surface area contributed by atoms with Crippen molar-refractivity contribution in [3.8, 4) is 11.3 Å². The molecule has 154 valence electrons. The van der Waals surface area contributed by atoms with Gasteiger partial charge in [0, 0.05) is 12.6 Å². The minimum atomic E-state index is -0.211. The summed E-state index contributed by atoms with van der Waals surface area (Å²) in [6.07, 6.45) is 1.72. The van der Waals surface area contributed by atoms with Crippen LogP contribution in [0, 0.1) is 19.7 Å². The lowest BCUT2D eigenvalue weighted by atomic mass is 10.1. The Morgan fingerprint density at radius 3 is 2.55 bits per heavy atom. The van der Waals surface area contributed by atoms with Crippen LogP contribution in [0.1, 0.15) is 35.5 Å². The van der Waals surface area contributed by atoms with Crippen LogP contribution >= 0.6 is 24.0 Å². The molecule has 2 N–H and O–H groups in total. The Hall–Kier alpha value is -2.42. The zero-order valence-corrected chi connectivity index (χ0v) is 19.3. The summed E-state index contributed by atoms with van der Waals surface area (Å²) in [6.45, 7) is 6.14. The summed E-state index contributed by atoms with van der Waals surface area (Å²) < 4.78 is 19.6. The maximum Gasteiger partial charge on any atom is 0.214 e. The lowest BCUT2D eigenvalue weighted by molar-refractivity contribution is 0.496. The smallest absolute Gasteiger partial charge is 0.214 e. The summed E-state index contributed by atoms with van der Waals surface area (Å²) in [5.74, 6) is 1.66. The Morgan fingerprint density at radius 2 is 1.90 bits per heavy atom. The monoisotopic (exact) mass is 508 g/mol. The summed E-state index contributed by atoms with van der Waals surface area (Å²) in [4.78, 5) is 8.53. The van der Waals surface area contributed by atoms with E-state index in [1.807, 2.05) is 44.2 Å². The molecule has 0 aliphatic rings. The van der Waals surface area contributed by atoms with Crippen LogP contribution in [0.5, 0.6) is 0 Å². The topological polar surface area (TPSA) is 62.5 Å². The van der Waals surface area contributed by atoms with Gasteiger partial charge in [-0.25, -0.2) is 9.37 Å². The van der Waals surface area contributed by atoms with E-state index in [0.29, 0.717) is 24.0 Å². The predicted molar refractivity (Wildman–Crippen MR) is 125 cm³/mol. The molecule has 5 nitrogen and oxygen atoms in total. The van der Waals surface area contributed by atoms with E-state index < -0.39 is 0 Å². The second kappa shape index (κ2) is 10.4. The standard InChI is InChI=1S/C22H25FN4O.HI/c1-14-5-8-17(9-6-14)20-12-25-21(28-20)13-26-22(24-4)27-16(3)18-10-7-15(2)19(23)11-18;/h5-12,16H,13H2,1-4H3,(H2,24,26,27);1H. The van der Waals surface area contributed by atoms with Crippen LogP contribution in [0.4, 0.5) is 4.39 Å². The van der Waals surface area contributed by atoms with Gasteiger partial charge in [-0.3, -0.25) is 4.99 Å². The number of aryl methyl sites for hydroxylation is 2. The van der Waals surface area contributed by atoms with Crippen LogP contribution in [-0.2, 0) is 6.54 Å². The van der Waals surface area contributed by atoms with Crippen molar-refractivity contribution >= 4 is 29.9 Å². The molecule has 0 saturated heterocycles. The van der Waals surface area contributed by atoms with E-state index in [1.54, 1.807) is 32.3 Å².